The molecule has 0 aromatic heterocycles. The molecule has 4 nitrogen and oxygen atoms in total. The minimum Gasteiger partial charge on any atom is -0.481 e. The van der Waals surface area contributed by atoms with Crippen molar-refractivity contribution in [2.45, 2.75) is 46.1 Å². The topological polar surface area (TPSA) is 41.6 Å². The molecule has 0 fully saturated rings. The lowest BCUT2D eigenvalue weighted by molar-refractivity contribution is -0.127. The average molecular weight is 367 g/mol. The Morgan fingerprint density at radius 2 is 2.00 bits per heavy atom. The number of rotatable bonds is 7. The van der Waals surface area contributed by atoms with Gasteiger partial charge in [0, 0.05) is 25.3 Å². The number of benzene rings is 2. The number of fused-ring (bicyclic) bond motifs is 1. The first kappa shape index (κ1) is 19.3. The van der Waals surface area contributed by atoms with E-state index < -0.39 is 6.10 Å². The fourth-order valence-electron chi connectivity index (χ4n) is 3.56. The first-order valence-corrected chi connectivity index (χ1v) is 9.89. The van der Waals surface area contributed by atoms with Crippen LogP contribution < -0.4 is 15.0 Å². The van der Waals surface area contributed by atoms with E-state index in [0.29, 0.717) is 6.54 Å². The van der Waals surface area contributed by atoms with E-state index in [-0.39, 0.29) is 5.91 Å². The smallest absolute Gasteiger partial charge is 0.260 e. The first-order chi connectivity index (χ1) is 13.1. The summed E-state index contributed by atoms with van der Waals surface area (Å²) < 4.78 is 5.86. The summed E-state index contributed by atoms with van der Waals surface area (Å²) in [4.78, 5) is 14.8. The molecule has 0 unspecified atom stereocenters. The lowest BCUT2D eigenvalue weighted by Gasteiger charge is -2.31. The van der Waals surface area contributed by atoms with Gasteiger partial charge in [-0.25, -0.2) is 0 Å². The maximum atomic E-state index is 12.3. The van der Waals surface area contributed by atoms with E-state index in [4.69, 9.17) is 4.74 Å². The molecule has 0 spiro atoms. The Morgan fingerprint density at radius 3 is 2.85 bits per heavy atom. The molecule has 2 aromatic carbocycles. The van der Waals surface area contributed by atoms with Crippen molar-refractivity contribution >= 4 is 11.6 Å². The molecule has 1 atom stereocenters. The largest absolute Gasteiger partial charge is 0.481 e. The summed E-state index contributed by atoms with van der Waals surface area (Å²) in [5, 5.41) is 3.01. The Hall–Kier alpha value is -2.49. The van der Waals surface area contributed by atoms with E-state index in [0.717, 1.165) is 37.2 Å². The van der Waals surface area contributed by atoms with Crippen LogP contribution in [0, 0.1) is 13.8 Å². The number of carbonyl (C=O) groups excluding carboxylic acids is 1. The third-order valence-electron chi connectivity index (χ3n) is 5.34. The van der Waals surface area contributed by atoms with Gasteiger partial charge in [0.1, 0.15) is 5.75 Å². The molecule has 1 heterocycles. The van der Waals surface area contributed by atoms with Crippen LogP contribution in [0.1, 0.15) is 36.5 Å². The van der Waals surface area contributed by atoms with Gasteiger partial charge in [-0.3, -0.25) is 4.79 Å². The summed E-state index contributed by atoms with van der Waals surface area (Å²) in [6.45, 7) is 8.59. The van der Waals surface area contributed by atoms with Crippen LogP contribution in [0.2, 0.25) is 0 Å². The SMILES string of the molecule is Cc1cccc(O[C@@H](C)C(=O)NCCCN2CCCc3ccccc32)c1C. The van der Waals surface area contributed by atoms with Crippen LogP contribution in [-0.2, 0) is 11.2 Å². The van der Waals surface area contributed by atoms with Crippen LogP contribution in [0.25, 0.3) is 0 Å². The predicted molar refractivity (Wildman–Crippen MR) is 111 cm³/mol. The average Bonchev–Trinajstić information content (AvgIpc) is 2.68. The van der Waals surface area contributed by atoms with Gasteiger partial charge >= 0.3 is 0 Å². The van der Waals surface area contributed by atoms with Crippen LogP contribution in [-0.4, -0.2) is 31.6 Å². The zero-order valence-electron chi connectivity index (χ0n) is 16.6. The number of carbonyl (C=O) groups is 1. The number of para-hydroxylation sites is 1. The van der Waals surface area contributed by atoms with E-state index in [1.807, 2.05) is 32.0 Å². The van der Waals surface area contributed by atoms with Gasteiger partial charge in [-0.15, -0.1) is 0 Å². The normalized spacial score (nSPS) is 14.4. The quantitative estimate of drug-likeness (QED) is 0.752. The minimum absolute atomic E-state index is 0.0602. The number of hydrogen-bond acceptors (Lipinski definition) is 3. The van der Waals surface area contributed by atoms with Crippen molar-refractivity contribution in [3.63, 3.8) is 0 Å². The van der Waals surface area contributed by atoms with Crippen LogP contribution in [0.15, 0.2) is 42.5 Å². The molecule has 2 aromatic rings. The Kier molecular flexibility index (Phi) is 6.38. The number of ether oxygens (including phenoxy) is 1. The Bertz CT molecular complexity index is 788. The summed E-state index contributed by atoms with van der Waals surface area (Å²) in [6, 6.07) is 14.6. The fraction of sp³-hybridized carbons (Fsp3) is 0.435. The lowest BCUT2D eigenvalue weighted by atomic mass is 10.0. The summed E-state index contributed by atoms with van der Waals surface area (Å²) >= 11 is 0. The zero-order chi connectivity index (χ0) is 19.2. The molecule has 0 bridgehead atoms. The molecule has 1 aliphatic heterocycles. The number of amides is 1. The maximum Gasteiger partial charge on any atom is 0.260 e. The number of anilines is 1. The van der Waals surface area contributed by atoms with E-state index in [2.05, 4.69) is 34.5 Å². The van der Waals surface area contributed by atoms with Crippen LogP contribution in [0.5, 0.6) is 5.75 Å². The molecule has 0 radical (unpaired) electrons. The van der Waals surface area contributed by atoms with Crippen molar-refractivity contribution in [1.82, 2.24) is 5.32 Å². The van der Waals surface area contributed by atoms with Crippen molar-refractivity contribution in [2.24, 2.45) is 0 Å². The Balaban J connectivity index is 1.44. The molecular formula is C23H30N2O2. The van der Waals surface area contributed by atoms with E-state index in [9.17, 15) is 4.79 Å². The number of nitrogens with zero attached hydrogens (tertiary/aromatic N) is 1. The monoisotopic (exact) mass is 366 g/mol. The molecule has 27 heavy (non-hydrogen) atoms. The third-order valence-corrected chi connectivity index (χ3v) is 5.34. The molecule has 4 heteroatoms. The highest BCUT2D eigenvalue weighted by Gasteiger charge is 2.17. The lowest BCUT2D eigenvalue weighted by Crippen LogP contribution is -2.38. The van der Waals surface area contributed by atoms with Gasteiger partial charge in [-0.05, 0) is 68.9 Å². The molecule has 144 valence electrons. The van der Waals surface area contributed by atoms with E-state index in [1.165, 1.54) is 23.2 Å². The molecule has 1 aliphatic rings. The Labute approximate surface area is 162 Å². The van der Waals surface area contributed by atoms with Crippen LogP contribution >= 0.6 is 0 Å². The van der Waals surface area contributed by atoms with Crippen molar-refractivity contribution in [2.75, 3.05) is 24.5 Å². The molecule has 0 aliphatic carbocycles. The van der Waals surface area contributed by atoms with Crippen molar-refractivity contribution in [3.8, 4) is 5.75 Å². The summed E-state index contributed by atoms with van der Waals surface area (Å²) in [5.41, 5.74) is 5.04. The molecule has 3 rings (SSSR count). The minimum atomic E-state index is -0.499. The van der Waals surface area contributed by atoms with Gasteiger partial charge in [0.25, 0.3) is 5.91 Å². The fourth-order valence-corrected chi connectivity index (χ4v) is 3.56. The standard InChI is InChI=1S/C23H30N2O2/c1-17-9-6-13-22(18(17)2)27-19(3)23(26)24-14-8-16-25-15-7-11-20-10-4-5-12-21(20)25/h4-6,9-10,12-13,19H,7-8,11,14-16H2,1-3H3,(H,24,26)/t19-/m0/s1. The molecule has 1 amide bonds. The molecular weight excluding hydrogens is 336 g/mol. The van der Waals surface area contributed by atoms with Gasteiger partial charge in [0.15, 0.2) is 6.10 Å². The second-order valence-electron chi connectivity index (χ2n) is 7.32. The number of hydrogen-bond donors (Lipinski definition) is 1. The van der Waals surface area contributed by atoms with E-state index in [1.54, 1.807) is 6.92 Å². The highest BCUT2D eigenvalue weighted by molar-refractivity contribution is 5.80. The van der Waals surface area contributed by atoms with Gasteiger partial charge in [-0.2, -0.15) is 0 Å². The van der Waals surface area contributed by atoms with Gasteiger partial charge in [0.05, 0.1) is 0 Å². The highest BCUT2D eigenvalue weighted by Crippen LogP contribution is 2.26. The number of aryl methyl sites for hydroxylation is 2. The van der Waals surface area contributed by atoms with Crippen molar-refractivity contribution in [3.05, 3.63) is 59.2 Å². The van der Waals surface area contributed by atoms with Crippen molar-refractivity contribution in [1.29, 1.82) is 0 Å². The van der Waals surface area contributed by atoms with Gasteiger partial charge in [-0.1, -0.05) is 30.3 Å². The summed E-state index contributed by atoms with van der Waals surface area (Å²) in [5.74, 6) is 0.720. The predicted octanol–water partition coefficient (Wildman–Crippen LogP) is 4.03. The third kappa shape index (κ3) is 4.82. The number of nitrogens with one attached hydrogen (secondary N) is 1. The molecule has 0 saturated heterocycles. The van der Waals surface area contributed by atoms with Crippen LogP contribution in [0.3, 0.4) is 0 Å². The van der Waals surface area contributed by atoms with Crippen LogP contribution in [0.4, 0.5) is 5.69 Å². The highest BCUT2D eigenvalue weighted by atomic mass is 16.5. The Morgan fingerprint density at radius 1 is 1.19 bits per heavy atom. The molecule has 0 saturated carbocycles. The maximum absolute atomic E-state index is 12.3. The second-order valence-corrected chi connectivity index (χ2v) is 7.32. The van der Waals surface area contributed by atoms with Gasteiger partial charge in [0.2, 0.25) is 0 Å². The van der Waals surface area contributed by atoms with Crippen molar-refractivity contribution < 1.29 is 9.53 Å². The molecule has 1 N–H and O–H groups in total. The van der Waals surface area contributed by atoms with E-state index >= 15 is 0 Å². The van der Waals surface area contributed by atoms with Gasteiger partial charge < -0.3 is 15.0 Å². The summed E-state index contributed by atoms with van der Waals surface area (Å²) in [7, 11) is 0. The summed E-state index contributed by atoms with van der Waals surface area (Å²) in [6.07, 6.45) is 2.79. The zero-order valence-corrected chi connectivity index (χ0v) is 16.6. The first-order valence-electron chi connectivity index (χ1n) is 9.89. The second kappa shape index (κ2) is 8.94.